The van der Waals surface area contributed by atoms with Gasteiger partial charge >= 0.3 is 0 Å². The first-order valence-electron chi connectivity index (χ1n) is 6.70. The highest BCUT2D eigenvalue weighted by Crippen LogP contribution is 2.25. The molecule has 0 aliphatic heterocycles. The topological polar surface area (TPSA) is 76.0 Å². The van der Waals surface area contributed by atoms with Crippen molar-refractivity contribution in [1.82, 2.24) is 19.8 Å². The third kappa shape index (κ3) is 4.13. The summed E-state index contributed by atoms with van der Waals surface area (Å²) in [6, 6.07) is 3.53. The molecular weight excluding hydrogens is 308 g/mol. The van der Waals surface area contributed by atoms with Crippen LogP contribution in [0.2, 0.25) is 0 Å². The molecule has 21 heavy (non-hydrogen) atoms. The monoisotopic (exact) mass is 328 g/mol. The molecule has 0 unspecified atom stereocenters. The summed E-state index contributed by atoms with van der Waals surface area (Å²) in [4.78, 5) is 2.18. The van der Waals surface area contributed by atoms with Crippen molar-refractivity contribution in [1.29, 1.82) is 0 Å². The van der Waals surface area contributed by atoms with Crippen LogP contribution in [0.25, 0.3) is 0 Å². The van der Waals surface area contributed by atoms with E-state index in [0.29, 0.717) is 17.1 Å². The van der Waals surface area contributed by atoms with Crippen molar-refractivity contribution in [2.24, 2.45) is 7.05 Å². The lowest BCUT2D eigenvalue weighted by Gasteiger charge is -2.04. The van der Waals surface area contributed by atoms with Gasteiger partial charge in [-0.1, -0.05) is 6.92 Å². The molecule has 6 nitrogen and oxygen atoms in total. The molecule has 0 atom stereocenters. The van der Waals surface area contributed by atoms with Crippen LogP contribution in [0.4, 0.5) is 0 Å². The predicted molar refractivity (Wildman–Crippen MR) is 83.7 cm³/mol. The van der Waals surface area contributed by atoms with Gasteiger partial charge in [0, 0.05) is 29.5 Å². The van der Waals surface area contributed by atoms with Gasteiger partial charge in [0.2, 0.25) is 10.0 Å². The lowest BCUT2D eigenvalue weighted by molar-refractivity contribution is 0.579. The van der Waals surface area contributed by atoms with Crippen molar-refractivity contribution in [3.05, 3.63) is 33.8 Å². The van der Waals surface area contributed by atoms with Crippen LogP contribution in [0.15, 0.2) is 23.2 Å². The normalized spacial score (nSPS) is 12.0. The lowest BCUT2D eigenvalue weighted by Crippen LogP contribution is -2.23. The Morgan fingerprint density at radius 2 is 2.14 bits per heavy atom. The minimum Gasteiger partial charge on any atom is -0.312 e. The van der Waals surface area contributed by atoms with E-state index in [1.54, 1.807) is 30.1 Å². The van der Waals surface area contributed by atoms with Crippen LogP contribution in [0.1, 0.15) is 22.4 Å². The first kappa shape index (κ1) is 16.2. The zero-order valence-corrected chi connectivity index (χ0v) is 14.0. The molecule has 0 amide bonds. The SMILES string of the molecule is CCNCc1cc(S(=O)(=O)NCc2ccn(C)n2)c(C)s1. The first-order valence-corrected chi connectivity index (χ1v) is 9.00. The summed E-state index contributed by atoms with van der Waals surface area (Å²) in [6.45, 7) is 5.59. The van der Waals surface area contributed by atoms with Gasteiger partial charge in [0.1, 0.15) is 0 Å². The molecule has 2 heterocycles. The quantitative estimate of drug-likeness (QED) is 0.805. The summed E-state index contributed by atoms with van der Waals surface area (Å²) in [6.07, 6.45) is 1.79. The summed E-state index contributed by atoms with van der Waals surface area (Å²) in [7, 11) is -1.70. The van der Waals surface area contributed by atoms with Crippen molar-refractivity contribution in [2.75, 3.05) is 6.54 Å². The molecule has 0 radical (unpaired) electrons. The number of nitrogens with zero attached hydrogens (tertiary/aromatic N) is 2. The van der Waals surface area contributed by atoms with Crippen LogP contribution in [0.3, 0.4) is 0 Å². The van der Waals surface area contributed by atoms with Gasteiger partial charge in [-0.2, -0.15) is 5.10 Å². The van der Waals surface area contributed by atoms with Gasteiger partial charge in [0.25, 0.3) is 0 Å². The average Bonchev–Trinajstić information content (AvgIpc) is 3.00. The number of hydrogen-bond donors (Lipinski definition) is 2. The highest BCUT2D eigenvalue weighted by molar-refractivity contribution is 7.89. The van der Waals surface area contributed by atoms with Crippen molar-refractivity contribution in [3.8, 4) is 0 Å². The van der Waals surface area contributed by atoms with Crippen LogP contribution in [0.5, 0.6) is 0 Å². The van der Waals surface area contributed by atoms with Gasteiger partial charge in [0.05, 0.1) is 17.1 Å². The maximum atomic E-state index is 12.4. The minimum atomic E-state index is -3.50. The maximum absolute atomic E-state index is 12.4. The number of nitrogens with one attached hydrogen (secondary N) is 2. The summed E-state index contributed by atoms with van der Waals surface area (Å²) < 4.78 is 29.0. The Morgan fingerprint density at radius 1 is 1.38 bits per heavy atom. The second-order valence-corrected chi connectivity index (χ2v) is 7.80. The Balaban J connectivity index is 2.09. The van der Waals surface area contributed by atoms with Gasteiger partial charge in [-0.05, 0) is 25.6 Å². The fourth-order valence-electron chi connectivity index (χ4n) is 1.93. The molecule has 0 bridgehead atoms. The molecule has 2 rings (SSSR count). The second-order valence-electron chi connectivity index (χ2n) is 4.72. The van der Waals surface area contributed by atoms with Crippen LogP contribution in [-0.4, -0.2) is 24.7 Å². The fourth-order valence-corrected chi connectivity index (χ4v) is 4.53. The van der Waals surface area contributed by atoms with Gasteiger partial charge in [-0.3, -0.25) is 4.68 Å². The van der Waals surface area contributed by atoms with E-state index in [2.05, 4.69) is 15.1 Å². The van der Waals surface area contributed by atoms with Gasteiger partial charge in [-0.25, -0.2) is 13.1 Å². The van der Waals surface area contributed by atoms with E-state index in [4.69, 9.17) is 0 Å². The molecular formula is C13H20N4O2S2. The molecule has 8 heteroatoms. The lowest BCUT2D eigenvalue weighted by atomic mass is 10.4. The average molecular weight is 328 g/mol. The standard InChI is InChI=1S/C13H20N4O2S2/c1-4-14-9-12-7-13(10(2)20-12)21(18,19)15-8-11-5-6-17(3)16-11/h5-7,14-15H,4,8-9H2,1-3H3. The number of aromatic nitrogens is 2. The summed E-state index contributed by atoms with van der Waals surface area (Å²) >= 11 is 1.51. The summed E-state index contributed by atoms with van der Waals surface area (Å²) in [5.41, 5.74) is 0.696. The van der Waals surface area contributed by atoms with E-state index in [-0.39, 0.29) is 6.54 Å². The molecule has 2 N–H and O–H groups in total. The molecule has 0 aliphatic carbocycles. The summed E-state index contributed by atoms with van der Waals surface area (Å²) in [5, 5.41) is 7.36. The zero-order chi connectivity index (χ0) is 15.5. The van der Waals surface area contributed by atoms with E-state index < -0.39 is 10.0 Å². The Kier molecular flexibility index (Phi) is 5.15. The van der Waals surface area contributed by atoms with Crippen molar-refractivity contribution >= 4 is 21.4 Å². The van der Waals surface area contributed by atoms with Gasteiger partial charge in [-0.15, -0.1) is 11.3 Å². The highest BCUT2D eigenvalue weighted by Gasteiger charge is 2.19. The van der Waals surface area contributed by atoms with Crippen molar-refractivity contribution in [2.45, 2.75) is 31.8 Å². The largest absolute Gasteiger partial charge is 0.312 e. The summed E-state index contributed by atoms with van der Waals surface area (Å²) in [5.74, 6) is 0. The molecule has 0 spiro atoms. The van der Waals surface area contributed by atoms with Crippen molar-refractivity contribution in [3.63, 3.8) is 0 Å². The first-order chi connectivity index (χ1) is 9.92. The van der Waals surface area contributed by atoms with E-state index in [9.17, 15) is 8.42 Å². The molecule has 116 valence electrons. The maximum Gasteiger partial charge on any atom is 0.242 e. The van der Waals surface area contributed by atoms with E-state index >= 15 is 0 Å². The highest BCUT2D eigenvalue weighted by atomic mass is 32.2. The number of aryl methyl sites for hydroxylation is 2. The Hall–Kier alpha value is -1.22. The van der Waals surface area contributed by atoms with E-state index in [0.717, 1.165) is 16.3 Å². The minimum absolute atomic E-state index is 0.195. The zero-order valence-electron chi connectivity index (χ0n) is 12.4. The van der Waals surface area contributed by atoms with Crippen molar-refractivity contribution < 1.29 is 8.42 Å². The molecule has 0 saturated heterocycles. The molecule has 0 aromatic carbocycles. The Morgan fingerprint density at radius 3 is 2.76 bits per heavy atom. The van der Waals surface area contributed by atoms with Crippen LogP contribution in [-0.2, 0) is 30.2 Å². The smallest absolute Gasteiger partial charge is 0.242 e. The Bertz CT molecular complexity index is 704. The number of sulfonamides is 1. The molecule has 2 aromatic rings. The van der Waals surface area contributed by atoms with E-state index in [1.807, 2.05) is 13.8 Å². The van der Waals surface area contributed by atoms with E-state index in [1.165, 1.54) is 11.3 Å². The molecule has 0 saturated carbocycles. The number of hydrogen-bond acceptors (Lipinski definition) is 5. The third-order valence-electron chi connectivity index (χ3n) is 2.97. The Labute approximate surface area is 129 Å². The number of rotatable bonds is 7. The third-order valence-corrected chi connectivity index (χ3v) is 5.68. The predicted octanol–water partition coefficient (Wildman–Crippen LogP) is 1.38. The fraction of sp³-hybridized carbons (Fsp3) is 0.462. The molecule has 2 aromatic heterocycles. The van der Waals surface area contributed by atoms with Gasteiger partial charge < -0.3 is 5.32 Å². The van der Waals surface area contributed by atoms with Crippen LogP contribution < -0.4 is 10.0 Å². The molecule has 0 aliphatic rings. The van der Waals surface area contributed by atoms with Gasteiger partial charge in [0.15, 0.2) is 0 Å². The second kappa shape index (κ2) is 6.69. The molecule has 0 fully saturated rings. The number of thiophene rings is 1. The van der Waals surface area contributed by atoms with Crippen LogP contribution in [0, 0.1) is 6.92 Å². The van der Waals surface area contributed by atoms with Crippen LogP contribution >= 0.6 is 11.3 Å².